The maximum Gasteiger partial charge on any atom is 0.241 e. The number of hydrogen-bond acceptors (Lipinski definition) is 2. The maximum absolute atomic E-state index is 13.7. The van der Waals surface area contributed by atoms with E-state index in [1.54, 1.807) is 7.05 Å². The van der Waals surface area contributed by atoms with Crippen molar-refractivity contribution in [1.29, 1.82) is 0 Å². The summed E-state index contributed by atoms with van der Waals surface area (Å²) in [5.74, 6) is -1.30. The van der Waals surface area contributed by atoms with Crippen LogP contribution in [0.4, 0.5) is 8.78 Å². The van der Waals surface area contributed by atoms with Crippen molar-refractivity contribution in [2.75, 3.05) is 7.05 Å². The molecule has 0 aromatic heterocycles. The average molecular weight is 254 g/mol. The maximum atomic E-state index is 13.7. The molecule has 0 radical (unpaired) electrons. The number of nitrogens with one attached hydrogen (secondary N) is 1. The Kier molecular flexibility index (Phi) is 3.61. The fraction of sp³-hybridized carbons (Fsp3) is 0.462. The van der Waals surface area contributed by atoms with Crippen molar-refractivity contribution < 1.29 is 13.6 Å². The van der Waals surface area contributed by atoms with Crippen LogP contribution in [0.5, 0.6) is 0 Å². The van der Waals surface area contributed by atoms with Crippen LogP contribution >= 0.6 is 0 Å². The first-order valence-electron chi connectivity index (χ1n) is 6.02. The molecular formula is C13H16F2N2O. The van der Waals surface area contributed by atoms with Crippen molar-refractivity contribution in [1.82, 2.24) is 10.2 Å². The van der Waals surface area contributed by atoms with Gasteiger partial charge in [-0.15, -0.1) is 0 Å². The Morgan fingerprint density at radius 2 is 2.11 bits per heavy atom. The van der Waals surface area contributed by atoms with Crippen molar-refractivity contribution in [2.45, 2.75) is 32.0 Å². The van der Waals surface area contributed by atoms with E-state index in [0.717, 1.165) is 12.5 Å². The Morgan fingerprint density at radius 1 is 1.39 bits per heavy atom. The molecule has 0 saturated carbocycles. The molecule has 3 nitrogen and oxygen atoms in total. The minimum atomic E-state index is -0.635. The van der Waals surface area contributed by atoms with Gasteiger partial charge in [0.1, 0.15) is 17.8 Å². The summed E-state index contributed by atoms with van der Waals surface area (Å²) in [7, 11) is 1.62. The SMILES string of the molecule is CCCC1NC(c2ccc(F)cc2F)N(C)C1=O. The molecule has 1 amide bonds. The summed E-state index contributed by atoms with van der Waals surface area (Å²) < 4.78 is 26.6. The van der Waals surface area contributed by atoms with Gasteiger partial charge in [0.15, 0.2) is 0 Å². The smallest absolute Gasteiger partial charge is 0.241 e. The second kappa shape index (κ2) is 5.02. The first kappa shape index (κ1) is 13.0. The lowest BCUT2D eigenvalue weighted by Gasteiger charge is -2.20. The van der Waals surface area contributed by atoms with Gasteiger partial charge in [-0.25, -0.2) is 8.78 Å². The summed E-state index contributed by atoms with van der Waals surface area (Å²) in [5.41, 5.74) is 0.297. The Morgan fingerprint density at radius 3 is 2.72 bits per heavy atom. The first-order valence-corrected chi connectivity index (χ1v) is 6.02. The molecule has 2 unspecified atom stereocenters. The molecule has 5 heteroatoms. The highest BCUT2D eigenvalue weighted by Gasteiger charge is 2.37. The van der Waals surface area contributed by atoms with Gasteiger partial charge in [0, 0.05) is 18.7 Å². The summed E-state index contributed by atoms with van der Waals surface area (Å²) in [6.07, 6.45) is 1.06. The van der Waals surface area contributed by atoms with E-state index in [0.29, 0.717) is 12.0 Å². The molecule has 98 valence electrons. The lowest BCUT2D eigenvalue weighted by molar-refractivity contribution is -0.128. The molecule has 0 bridgehead atoms. The molecule has 1 saturated heterocycles. The largest absolute Gasteiger partial charge is 0.325 e. The average Bonchev–Trinajstić information content (AvgIpc) is 2.58. The highest BCUT2D eigenvalue weighted by Crippen LogP contribution is 2.27. The summed E-state index contributed by atoms with van der Waals surface area (Å²) in [6, 6.07) is 3.13. The normalized spacial score (nSPS) is 23.8. The van der Waals surface area contributed by atoms with Crippen LogP contribution in [0, 0.1) is 11.6 Å². The first-order chi connectivity index (χ1) is 8.54. The zero-order valence-electron chi connectivity index (χ0n) is 10.4. The van der Waals surface area contributed by atoms with Gasteiger partial charge in [0.2, 0.25) is 5.91 Å². The van der Waals surface area contributed by atoms with Gasteiger partial charge < -0.3 is 4.90 Å². The molecule has 1 aromatic carbocycles. The Labute approximate surface area is 105 Å². The third-order valence-electron chi connectivity index (χ3n) is 3.23. The van der Waals surface area contributed by atoms with E-state index in [9.17, 15) is 13.6 Å². The van der Waals surface area contributed by atoms with Crippen molar-refractivity contribution in [3.8, 4) is 0 Å². The quantitative estimate of drug-likeness (QED) is 0.896. The number of nitrogens with zero attached hydrogens (tertiary/aromatic N) is 1. The van der Waals surface area contributed by atoms with Crippen molar-refractivity contribution in [3.05, 3.63) is 35.4 Å². The number of halogens is 2. The predicted molar refractivity (Wildman–Crippen MR) is 63.7 cm³/mol. The molecule has 0 spiro atoms. The molecule has 1 fully saturated rings. The van der Waals surface area contributed by atoms with Crippen LogP contribution in [-0.2, 0) is 4.79 Å². The van der Waals surface area contributed by atoms with Gasteiger partial charge in [0.25, 0.3) is 0 Å². The number of amides is 1. The fourth-order valence-electron chi connectivity index (χ4n) is 2.26. The van der Waals surface area contributed by atoms with Gasteiger partial charge in [-0.3, -0.25) is 10.1 Å². The predicted octanol–water partition coefficient (Wildman–Crippen LogP) is 2.19. The molecule has 1 heterocycles. The lowest BCUT2D eigenvalue weighted by atomic mass is 10.1. The van der Waals surface area contributed by atoms with Gasteiger partial charge in [-0.2, -0.15) is 0 Å². The number of carbonyl (C=O) groups excluding carboxylic acids is 1. The van der Waals surface area contributed by atoms with E-state index >= 15 is 0 Å². The number of likely N-dealkylation sites (N-methyl/N-ethyl adjacent to an activating group) is 1. The van der Waals surface area contributed by atoms with Crippen molar-refractivity contribution in [2.24, 2.45) is 0 Å². The minimum absolute atomic E-state index is 0.0504. The van der Waals surface area contributed by atoms with E-state index in [2.05, 4.69) is 5.32 Å². The third-order valence-corrected chi connectivity index (χ3v) is 3.23. The van der Waals surface area contributed by atoms with Gasteiger partial charge in [-0.1, -0.05) is 13.3 Å². The van der Waals surface area contributed by atoms with Crippen LogP contribution in [0.15, 0.2) is 18.2 Å². The standard InChI is InChI=1S/C13H16F2N2O/c1-3-4-11-13(18)17(2)12(16-11)9-6-5-8(14)7-10(9)15/h5-7,11-12,16H,3-4H2,1-2H3. The zero-order chi connectivity index (χ0) is 13.3. The van der Waals surface area contributed by atoms with E-state index in [4.69, 9.17) is 0 Å². The van der Waals surface area contributed by atoms with Crippen LogP contribution in [0.3, 0.4) is 0 Å². The van der Waals surface area contributed by atoms with Gasteiger partial charge >= 0.3 is 0 Å². The van der Waals surface area contributed by atoms with Crippen LogP contribution in [-0.4, -0.2) is 23.9 Å². The molecule has 1 aliphatic rings. The molecule has 2 rings (SSSR count). The Bertz CT molecular complexity index is 464. The lowest BCUT2D eigenvalue weighted by Crippen LogP contribution is -2.28. The van der Waals surface area contributed by atoms with E-state index < -0.39 is 17.8 Å². The third kappa shape index (κ3) is 2.22. The second-order valence-electron chi connectivity index (χ2n) is 4.53. The number of hydrogen-bond donors (Lipinski definition) is 1. The van der Waals surface area contributed by atoms with Gasteiger partial charge in [-0.05, 0) is 18.6 Å². The molecule has 1 N–H and O–H groups in total. The summed E-state index contributed by atoms with van der Waals surface area (Å²) in [4.78, 5) is 13.4. The van der Waals surface area contributed by atoms with Crippen LogP contribution < -0.4 is 5.32 Å². The Hall–Kier alpha value is -1.49. The van der Waals surface area contributed by atoms with E-state index in [-0.39, 0.29) is 11.9 Å². The summed E-state index contributed by atoms with van der Waals surface area (Å²) >= 11 is 0. The minimum Gasteiger partial charge on any atom is -0.325 e. The summed E-state index contributed by atoms with van der Waals surface area (Å²) in [5, 5.41) is 3.08. The second-order valence-corrected chi connectivity index (χ2v) is 4.53. The topological polar surface area (TPSA) is 32.3 Å². The molecule has 18 heavy (non-hydrogen) atoms. The Balaban J connectivity index is 2.26. The highest BCUT2D eigenvalue weighted by atomic mass is 19.1. The van der Waals surface area contributed by atoms with Crippen LogP contribution in [0.25, 0.3) is 0 Å². The molecule has 1 aliphatic heterocycles. The molecule has 0 aliphatic carbocycles. The van der Waals surface area contributed by atoms with Crippen molar-refractivity contribution in [3.63, 3.8) is 0 Å². The number of rotatable bonds is 3. The summed E-state index contributed by atoms with van der Waals surface area (Å²) in [6.45, 7) is 1.99. The highest BCUT2D eigenvalue weighted by molar-refractivity contribution is 5.84. The van der Waals surface area contributed by atoms with Crippen molar-refractivity contribution >= 4 is 5.91 Å². The van der Waals surface area contributed by atoms with Crippen LogP contribution in [0.2, 0.25) is 0 Å². The zero-order valence-corrected chi connectivity index (χ0v) is 10.4. The van der Waals surface area contributed by atoms with E-state index in [1.807, 2.05) is 6.92 Å². The fourth-order valence-corrected chi connectivity index (χ4v) is 2.26. The van der Waals surface area contributed by atoms with E-state index in [1.165, 1.54) is 17.0 Å². The number of carbonyl (C=O) groups is 1. The molecule has 1 aromatic rings. The number of benzene rings is 1. The van der Waals surface area contributed by atoms with Gasteiger partial charge in [0.05, 0.1) is 6.04 Å². The van der Waals surface area contributed by atoms with Crippen LogP contribution in [0.1, 0.15) is 31.5 Å². The molecule has 2 atom stereocenters. The monoisotopic (exact) mass is 254 g/mol. The molecular weight excluding hydrogens is 238 g/mol.